The fourth-order valence-electron chi connectivity index (χ4n) is 0.921. The minimum Gasteiger partial charge on any atom is -0.488 e. The molecular weight excluding hydrogens is 258 g/mol. The second-order valence-electron chi connectivity index (χ2n) is 2.94. The summed E-state index contributed by atoms with van der Waals surface area (Å²) < 4.78 is 38.5. The molecule has 0 aliphatic carbocycles. The molecule has 0 fully saturated rings. The predicted octanol–water partition coefficient (Wildman–Crippen LogP) is 1.32. The predicted molar refractivity (Wildman–Crippen MR) is 56.8 cm³/mol. The Kier molecular flexibility index (Phi) is 4.48. The number of nitrogens with zero attached hydrogens (tertiary/aromatic N) is 1. The molecule has 90 valence electrons. The zero-order chi connectivity index (χ0) is 12.2. The van der Waals surface area contributed by atoms with Crippen molar-refractivity contribution in [2.24, 2.45) is 0 Å². The zero-order valence-corrected chi connectivity index (χ0v) is 9.90. The fraction of sp³-hybridized carbons (Fsp3) is 0.375. The number of pyridine rings is 1. The smallest absolute Gasteiger partial charge is 0.397 e. The maximum absolute atomic E-state index is 10.4. The molecule has 1 heterocycles. The van der Waals surface area contributed by atoms with Gasteiger partial charge in [0.25, 0.3) is 0 Å². The molecule has 0 amide bonds. The molecule has 0 saturated heterocycles. The highest BCUT2D eigenvalue weighted by molar-refractivity contribution is 7.80. The third kappa shape index (κ3) is 4.75. The van der Waals surface area contributed by atoms with Crippen LogP contribution in [0.25, 0.3) is 0 Å². The number of hydrogen-bond donors (Lipinski definition) is 1. The van der Waals surface area contributed by atoms with Crippen LogP contribution in [0.1, 0.15) is 6.92 Å². The largest absolute Gasteiger partial charge is 0.488 e. The highest BCUT2D eigenvalue weighted by Crippen LogP contribution is 2.20. The molecule has 6 nitrogen and oxygen atoms in total. The van der Waals surface area contributed by atoms with Gasteiger partial charge in [-0.2, -0.15) is 8.42 Å². The second-order valence-corrected chi connectivity index (χ2v) is 4.34. The van der Waals surface area contributed by atoms with Crippen molar-refractivity contribution in [1.82, 2.24) is 4.98 Å². The quantitative estimate of drug-likeness (QED) is 0.640. The normalized spacial score (nSPS) is 13.4. The van der Waals surface area contributed by atoms with Gasteiger partial charge in [0.2, 0.25) is 0 Å². The molecule has 1 aromatic heterocycles. The van der Waals surface area contributed by atoms with E-state index in [4.69, 9.17) is 20.9 Å². The van der Waals surface area contributed by atoms with Gasteiger partial charge in [0.15, 0.2) is 10.9 Å². The third-order valence-corrected chi connectivity index (χ3v) is 2.34. The molecule has 1 rings (SSSR count). The Morgan fingerprint density at radius 1 is 1.62 bits per heavy atom. The molecule has 0 aliphatic rings. The Labute approximate surface area is 98.1 Å². The van der Waals surface area contributed by atoms with Crippen LogP contribution in [0, 0.1) is 0 Å². The van der Waals surface area contributed by atoms with Crippen molar-refractivity contribution in [2.75, 3.05) is 6.61 Å². The SMILES string of the molecule is CC(COc1cccnc1Cl)OS(=O)(=O)O. The standard InChI is InChI=1S/C8H10ClNO5S/c1-6(15-16(11,12)13)5-14-7-3-2-4-10-8(7)9/h2-4,6H,5H2,1H3,(H,11,12,13). The molecule has 0 aliphatic heterocycles. The summed E-state index contributed by atoms with van der Waals surface area (Å²) in [7, 11) is -4.47. The van der Waals surface area contributed by atoms with Crippen molar-refractivity contribution in [2.45, 2.75) is 13.0 Å². The van der Waals surface area contributed by atoms with Gasteiger partial charge >= 0.3 is 10.4 Å². The topological polar surface area (TPSA) is 85.7 Å². The minimum atomic E-state index is -4.47. The van der Waals surface area contributed by atoms with E-state index in [9.17, 15) is 8.42 Å². The summed E-state index contributed by atoms with van der Waals surface area (Å²) in [6.07, 6.45) is 0.666. The average Bonchev–Trinajstić information content (AvgIpc) is 2.14. The second kappa shape index (κ2) is 5.44. The van der Waals surface area contributed by atoms with Crippen LogP contribution in [0.2, 0.25) is 5.15 Å². The van der Waals surface area contributed by atoms with Gasteiger partial charge in [-0.15, -0.1) is 0 Å². The van der Waals surface area contributed by atoms with E-state index in [2.05, 4.69) is 9.17 Å². The van der Waals surface area contributed by atoms with Crippen molar-refractivity contribution in [1.29, 1.82) is 0 Å². The first-order chi connectivity index (χ1) is 7.38. The first-order valence-electron chi connectivity index (χ1n) is 4.27. The van der Waals surface area contributed by atoms with Gasteiger partial charge in [-0.05, 0) is 19.1 Å². The first kappa shape index (κ1) is 13.2. The highest BCUT2D eigenvalue weighted by Gasteiger charge is 2.13. The lowest BCUT2D eigenvalue weighted by atomic mass is 10.4. The molecule has 1 aromatic rings. The van der Waals surface area contributed by atoms with Crippen LogP contribution >= 0.6 is 11.6 Å². The molecule has 16 heavy (non-hydrogen) atoms. The number of ether oxygens (including phenoxy) is 1. The van der Waals surface area contributed by atoms with Crippen LogP contribution in [0.15, 0.2) is 18.3 Å². The Hall–Kier alpha value is -0.890. The van der Waals surface area contributed by atoms with Crippen LogP contribution in [0.4, 0.5) is 0 Å². The van der Waals surface area contributed by atoms with Gasteiger partial charge in [0.1, 0.15) is 12.7 Å². The van der Waals surface area contributed by atoms with Crippen molar-refractivity contribution in [3.8, 4) is 5.75 Å². The molecule has 1 N–H and O–H groups in total. The van der Waals surface area contributed by atoms with Crippen molar-refractivity contribution >= 4 is 22.0 Å². The third-order valence-electron chi connectivity index (χ3n) is 1.48. The summed E-state index contributed by atoms with van der Waals surface area (Å²) >= 11 is 5.70. The summed E-state index contributed by atoms with van der Waals surface area (Å²) in [5, 5.41) is 0.168. The van der Waals surface area contributed by atoms with E-state index in [1.54, 1.807) is 12.1 Å². The van der Waals surface area contributed by atoms with Crippen LogP contribution < -0.4 is 4.74 Å². The Morgan fingerprint density at radius 2 is 2.31 bits per heavy atom. The first-order valence-corrected chi connectivity index (χ1v) is 6.02. The lowest BCUT2D eigenvalue weighted by Gasteiger charge is -2.12. The summed E-state index contributed by atoms with van der Waals surface area (Å²) in [5.41, 5.74) is 0. The van der Waals surface area contributed by atoms with E-state index in [0.29, 0.717) is 5.75 Å². The van der Waals surface area contributed by atoms with Gasteiger partial charge in [-0.1, -0.05) is 11.6 Å². The number of halogens is 1. The van der Waals surface area contributed by atoms with Crippen molar-refractivity contribution in [3.63, 3.8) is 0 Å². The van der Waals surface area contributed by atoms with E-state index < -0.39 is 16.5 Å². The lowest BCUT2D eigenvalue weighted by Crippen LogP contribution is -2.21. The molecule has 0 spiro atoms. The maximum atomic E-state index is 10.4. The summed E-state index contributed by atoms with van der Waals surface area (Å²) in [4.78, 5) is 3.76. The molecular formula is C8H10ClNO5S. The Balaban J connectivity index is 2.49. The summed E-state index contributed by atoms with van der Waals surface area (Å²) in [5.74, 6) is 0.315. The van der Waals surface area contributed by atoms with E-state index in [1.807, 2.05) is 0 Å². The van der Waals surface area contributed by atoms with E-state index in [0.717, 1.165) is 0 Å². The van der Waals surface area contributed by atoms with Gasteiger partial charge in [-0.3, -0.25) is 4.55 Å². The fourth-order valence-corrected chi connectivity index (χ4v) is 1.57. The molecule has 1 atom stereocenters. The van der Waals surface area contributed by atoms with Gasteiger partial charge in [0.05, 0.1) is 0 Å². The Bertz CT molecular complexity index is 449. The molecule has 0 bridgehead atoms. The number of rotatable bonds is 5. The number of hydrogen-bond acceptors (Lipinski definition) is 5. The minimum absolute atomic E-state index is 0.0782. The zero-order valence-electron chi connectivity index (χ0n) is 8.33. The van der Waals surface area contributed by atoms with Crippen LogP contribution in [0.5, 0.6) is 5.75 Å². The summed E-state index contributed by atoms with van der Waals surface area (Å²) in [6, 6.07) is 3.20. The van der Waals surface area contributed by atoms with Crippen LogP contribution in [-0.4, -0.2) is 30.7 Å². The van der Waals surface area contributed by atoms with Gasteiger partial charge in [0, 0.05) is 6.20 Å². The molecule has 0 saturated carbocycles. The van der Waals surface area contributed by atoms with Crippen LogP contribution in [0.3, 0.4) is 0 Å². The van der Waals surface area contributed by atoms with Gasteiger partial charge in [-0.25, -0.2) is 9.17 Å². The molecule has 0 radical (unpaired) electrons. The van der Waals surface area contributed by atoms with Gasteiger partial charge < -0.3 is 4.74 Å². The van der Waals surface area contributed by atoms with Crippen molar-refractivity contribution < 1.29 is 21.9 Å². The number of aromatic nitrogens is 1. The van der Waals surface area contributed by atoms with Crippen molar-refractivity contribution in [3.05, 3.63) is 23.5 Å². The maximum Gasteiger partial charge on any atom is 0.397 e. The highest BCUT2D eigenvalue weighted by atomic mass is 35.5. The van der Waals surface area contributed by atoms with E-state index in [1.165, 1.54) is 13.1 Å². The Morgan fingerprint density at radius 3 is 2.88 bits per heavy atom. The lowest BCUT2D eigenvalue weighted by molar-refractivity contribution is 0.133. The average molecular weight is 268 g/mol. The summed E-state index contributed by atoms with van der Waals surface area (Å²) in [6.45, 7) is 1.35. The van der Waals surface area contributed by atoms with Crippen LogP contribution in [-0.2, 0) is 14.6 Å². The van der Waals surface area contributed by atoms with E-state index >= 15 is 0 Å². The molecule has 0 aromatic carbocycles. The molecule has 1 unspecified atom stereocenters. The monoisotopic (exact) mass is 267 g/mol. The van der Waals surface area contributed by atoms with E-state index in [-0.39, 0.29) is 11.8 Å². The molecule has 8 heteroatoms.